The summed E-state index contributed by atoms with van der Waals surface area (Å²) >= 11 is 0. The summed E-state index contributed by atoms with van der Waals surface area (Å²) in [6.45, 7) is 0.0234. The first-order valence-electron chi connectivity index (χ1n) is 20.2. The second-order valence-electron chi connectivity index (χ2n) is 15.7. The van der Waals surface area contributed by atoms with Crippen LogP contribution in [0.15, 0.2) is 139 Å². The fourth-order valence-electron chi connectivity index (χ4n) is 9.80. The van der Waals surface area contributed by atoms with Gasteiger partial charge >= 0.3 is 5.97 Å². The molecule has 4 N–H and O–H groups in total. The molecule has 292 valence electrons. The smallest absolute Gasteiger partial charge is 0.324 e. The topological polar surface area (TPSA) is 137 Å². The minimum absolute atomic E-state index is 0.0234. The van der Waals surface area contributed by atoms with Gasteiger partial charge in [-0.2, -0.15) is 0 Å². The van der Waals surface area contributed by atoms with Crippen LogP contribution in [0.25, 0.3) is 11.0 Å². The Kier molecular flexibility index (Phi) is 9.11. The number of aromatic nitrogens is 2. The lowest BCUT2D eigenvalue weighted by atomic mass is 9.65. The molecule has 0 saturated carbocycles. The van der Waals surface area contributed by atoms with Gasteiger partial charge in [0.05, 0.1) is 35.6 Å². The lowest BCUT2D eigenvalue weighted by Gasteiger charge is -2.46. The highest BCUT2D eigenvalue weighted by Crippen LogP contribution is 2.64. The third-order valence-corrected chi connectivity index (χ3v) is 12.3. The van der Waals surface area contributed by atoms with Gasteiger partial charge in [-0.25, -0.2) is 4.98 Å². The van der Waals surface area contributed by atoms with E-state index >= 15 is 14.4 Å². The average Bonchev–Trinajstić information content (AvgIpc) is 3.93. The maximum absolute atomic E-state index is 15.4. The van der Waals surface area contributed by atoms with E-state index in [1.165, 1.54) is 0 Å². The fourth-order valence-corrected chi connectivity index (χ4v) is 9.80. The molecule has 2 amide bonds. The predicted molar refractivity (Wildman–Crippen MR) is 223 cm³/mol. The highest BCUT2D eigenvalue weighted by molar-refractivity contribution is 6.12. The molecule has 0 unspecified atom stereocenters. The van der Waals surface area contributed by atoms with Crippen LogP contribution in [0.2, 0.25) is 0 Å². The highest BCUT2D eigenvalue weighted by atomic mass is 16.6. The van der Waals surface area contributed by atoms with Gasteiger partial charge in [-0.05, 0) is 96.0 Å². The zero-order valence-electron chi connectivity index (χ0n) is 32.1. The molecule has 5 aromatic carbocycles. The number of phenols is 1. The third kappa shape index (κ3) is 6.17. The number of phenolic OH excluding ortho intramolecular Hbond substituents is 1. The van der Waals surface area contributed by atoms with Crippen LogP contribution in [0, 0.1) is 17.8 Å². The Labute approximate surface area is 341 Å². The van der Waals surface area contributed by atoms with Gasteiger partial charge < -0.3 is 25.5 Å². The van der Waals surface area contributed by atoms with Gasteiger partial charge in [-0.3, -0.25) is 19.3 Å². The highest BCUT2D eigenvalue weighted by Gasteiger charge is 2.74. The summed E-state index contributed by atoms with van der Waals surface area (Å²) < 4.78 is 6.52. The summed E-state index contributed by atoms with van der Waals surface area (Å²) in [5.74, 6) is 4.48. The number of esters is 1. The summed E-state index contributed by atoms with van der Waals surface area (Å²) in [4.78, 5) is 55.8. The van der Waals surface area contributed by atoms with Gasteiger partial charge in [0.1, 0.15) is 29.1 Å². The normalized spacial score (nSPS) is 24.7. The summed E-state index contributed by atoms with van der Waals surface area (Å²) in [5, 5.41) is 16.8. The Morgan fingerprint density at radius 2 is 1.59 bits per heavy atom. The SMILES string of the molecule is O=C1O[C@H](c2ccccc2)[C@H](c2ccccc2)N2[C@H]1[C@@H](C(=O)NCc1nc3ccccc3[nH]1)[C@]1(C(=O)Nc3ccc(C#CC4=CCCCC4)cc31)[C@H]2c1ccc(O)cc1. The number of allylic oxidation sites excluding steroid dienone is 2. The number of imidazole rings is 1. The number of hydrogen-bond acceptors (Lipinski definition) is 7. The molecule has 10 nitrogen and oxygen atoms in total. The van der Waals surface area contributed by atoms with Gasteiger partial charge in [0.2, 0.25) is 11.8 Å². The molecule has 10 rings (SSSR count). The minimum atomic E-state index is -1.67. The number of fused-ring (bicyclic) bond motifs is 4. The monoisotopic (exact) mass is 779 g/mol. The summed E-state index contributed by atoms with van der Waals surface area (Å²) in [5.41, 5.74) is 5.06. The van der Waals surface area contributed by atoms with Crippen LogP contribution >= 0.6 is 0 Å². The van der Waals surface area contributed by atoms with Crippen molar-refractivity contribution < 1.29 is 24.2 Å². The molecule has 3 aliphatic heterocycles. The maximum atomic E-state index is 15.4. The van der Waals surface area contributed by atoms with Gasteiger partial charge in [-0.15, -0.1) is 0 Å². The quantitative estimate of drug-likeness (QED) is 0.101. The third-order valence-electron chi connectivity index (χ3n) is 12.3. The van der Waals surface area contributed by atoms with E-state index in [0.717, 1.165) is 53.4 Å². The van der Waals surface area contributed by atoms with Crippen molar-refractivity contribution in [2.75, 3.05) is 5.32 Å². The molecular weight excluding hydrogens is 739 g/mol. The van der Waals surface area contributed by atoms with Crippen molar-refractivity contribution in [1.82, 2.24) is 20.2 Å². The Bertz CT molecular complexity index is 2670. The number of aromatic amines is 1. The summed E-state index contributed by atoms with van der Waals surface area (Å²) in [6.07, 6.45) is 5.54. The molecule has 4 aliphatic rings. The molecule has 2 fully saturated rings. The van der Waals surface area contributed by atoms with E-state index in [0.29, 0.717) is 28.2 Å². The van der Waals surface area contributed by atoms with Gasteiger partial charge in [0.25, 0.3) is 0 Å². The number of aromatic hydroxyl groups is 1. The zero-order valence-corrected chi connectivity index (χ0v) is 32.1. The van der Waals surface area contributed by atoms with E-state index in [-0.39, 0.29) is 12.3 Å². The van der Waals surface area contributed by atoms with Crippen LogP contribution < -0.4 is 10.6 Å². The molecule has 1 aromatic heterocycles. The number of carbonyl (C=O) groups excluding carboxylic acids is 3. The van der Waals surface area contributed by atoms with Crippen molar-refractivity contribution in [1.29, 1.82) is 0 Å². The number of H-pyrrole nitrogens is 1. The van der Waals surface area contributed by atoms with Crippen LogP contribution in [-0.4, -0.2) is 43.8 Å². The molecule has 2 saturated heterocycles. The number of rotatable bonds is 6. The van der Waals surface area contributed by atoms with Gasteiger partial charge in [-0.1, -0.05) is 103 Å². The van der Waals surface area contributed by atoms with Crippen LogP contribution in [-0.2, 0) is 31.1 Å². The molecule has 0 radical (unpaired) electrons. The Hall–Kier alpha value is -6.96. The van der Waals surface area contributed by atoms with Gasteiger partial charge in [0, 0.05) is 11.3 Å². The lowest BCUT2D eigenvalue weighted by Crippen LogP contribution is -2.54. The van der Waals surface area contributed by atoms with E-state index in [4.69, 9.17) is 4.74 Å². The zero-order chi connectivity index (χ0) is 40.1. The van der Waals surface area contributed by atoms with Crippen LogP contribution in [0.3, 0.4) is 0 Å². The van der Waals surface area contributed by atoms with Crippen molar-refractivity contribution in [3.05, 3.63) is 173 Å². The van der Waals surface area contributed by atoms with Crippen molar-refractivity contribution in [3.63, 3.8) is 0 Å². The second kappa shape index (κ2) is 14.8. The van der Waals surface area contributed by atoms with Crippen molar-refractivity contribution in [3.8, 4) is 17.6 Å². The molecule has 1 aliphatic carbocycles. The number of anilines is 1. The molecule has 1 spiro atoms. The molecule has 10 heteroatoms. The van der Waals surface area contributed by atoms with E-state index in [1.54, 1.807) is 24.3 Å². The number of para-hydroxylation sites is 2. The van der Waals surface area contributed by atoms with Crippen LogP contribution in [0.4, 0.5) is 5.69 Å². The number of benzene rings is 5. The molecule has 6 aromatic rings. The molecule has 0 bridgehead atoms. The first-order chi connectivity index (χ1) is 28.9. The molecular formula is C49H41N5O5. The van der Waals surface area contributed by atoms with Crippen molar-refractivity contribution in [2.24, 2.45) is 5.92 Å². The summed E-state index contributed by atoms with van der Waals surface area (Å²) in [7, 11) is 0. The molecule has 4 heterocycles. The van der Waals surface area contributed by atoms with Gasteiger partial charge in [0.15, 0.2) is 0 Å². The van der Waals surface area contributed by atoms with Crippen LogP contribution in [0.1, 0.15) is 77.5 Å². The minimum Gasteiger partial charge on any atom is -0.508 e. The number of carbonyl (C=O) groups is 3. The second-order valence-corrected chi connectivity index (χ2v) is 15.7. The molecule has 6 atom stereocenters. The number of nitrogens with zero attached hydrogens (tertiary/aromatic N) is 2. The number of nitrogens with one attached hydrogen (secondary N) is 3. The molecule has 59 heavy (non-hydrogen) atoms. The van der Waals surface area contributed by atoms with Crippen molar-refractivity contribution in [2.45, 2.75) is 61.9 Å². The fraction of sp³-hybridized carbons (Fsp3) is 0.224. The lowest BCUT2D eigenvalue weighted by molar-refractivity contribution is -0.178. The number of amides is 2. The van der Waals surface area contributed by atoms with E-state index in [1.807, 2.05) is 108 Å². The average molecular weight is 780 g/mol. The summed E-state index contributed by atoms with van der Waals surface area (Å²) in [6, 6.07) is 36.6. The van der Waals surface area contributed by atoms with E-state index in [9.17, 15) is 5.11 Å². The Balaban J connectivity index is 1.20. The first-order valence-corrected chi connectivity index (χ1v) is 20.2. The number of hydrogen-bond donors (Lipinski definition) is 4. The van der Waals surface area contributed by atoms with Crippen molar-refractivity contribution >= 4 is 34.5 Å². The predicted octanol–water partition coefficient (Wildman–Crippen LogP) is 7.71. The number of ether oxygens (including phenoxy) is 1. The largest absolute Gasteiger partial charge is 0.508 e. The standard InChI is InChI=1S/C49H41N5O5/c55-35-25-23-34(24-26-35)45-49(36-28-31(22-27-37(36)53-48(49)58)21-20-30-12-4-1-5-13-30)41(46(56)50-29-40-51-38-18-10-11-19-39(38)52-40)43-47(57)59-44(33-16-8-3-9-17-33)42(54(43)45)32-14-6-2-7-15-32/h2-3,6-12,14-19,22-28,41-45,55H,1,4-5,13,29H2,(H,50,56)(H,51,52)(H,53,58)/t41-,42-,43-,44+,45+,49-/m0/s1. The Morgan fingerprint density at radius 3 is 2.34 bits per heavy atom. The first kappa shape index (κ1) is 36.4. The van der Waals surface area contributed by atoms with E-state index in [2.05, 4.69) is 38.5 Å². The van der Waals surface area contributed by atoms with Crippen LogP contribution in [0.5, 0.6) is 5.75 Å². The number of morpholine rings is 1. The Morgan fingerprint density at radius 1 is 0.847 bits per heavy atom. The maximum Gasteiger partial charge on any atom is 0.324 e. The number of cyclic esters (lactones) is 1. The van der Waals surface area contributed by atoms with E-state index < -0.39 is 53.3 Å².